The minimum atomic E-state index is -0.988. The molecule has 4 aliphatic rings. The molecule has 0 bridgehead atoms. The lowest BCUT2D eigenvalue weighted by molar-refractivity contribution is -0.133. The van der Waals surface area contributed by atoms with Gasteiger partial charge in [0.05, 0.1) is 12.2 Å². The number of anilines is 4. The van der Waals surface area contributed by atoms with Crippen LogP contribution in [0.3, 0.4) is 0 Å². The van der Waals surface area contributed by atoms with Crippen LogP contribution in [0.15, 0.2) is 84.3 Å². The van der Waals surface area contributed by atoms with E-state index >= 15 is 0 Å². The highest BCUT2D eigenvalue weighted by Gasteiger charge is 2.37. The summed E-state index contributed by atoms with van der Waals surface area (Å²) in [5.41, 5.74) is 5.18. The maximum Gasteiger partial charge on any atom is 0.278 e. The Morgan fingerprint density at radius 1 is 0.898 bits per heavy atom. The normalized spacial score (nSPS) is 21.7. The molecule has 306 valence electrons. The number of hydrogen-bond donors (Lipinski definition) is 4. The molecule has 2 atom stereocenters. The lowest BCUT2D eigenvalue weighted by atomic mass is 9.88. The molecule has 1 aliphatic carbocycles. The number of fused-ring (bicyclic) bond motifs is 2. The first-order valence-corrected chi connectivity index (χ1v) is 21.1. The Kier molecular flexibility index (Phi) is 10.5. The van der Waals surface area contributed by atoms with Gasteiger partial charge in [0.15, 0.2) is 11.5 Å². The Balaban J connectivity index is 0.802. The third-order valence-electron chi connectivity index (χ3n) is 13.0. The van der Waals surface area contributed by atoms with Gasteiger partial charge in [0.25, 0.3) is 5.56 Å². The molecule has 1 unspecified atom stereocenters. The topological polar surface area (TPSA) is 163 Å². The van der Waals surface area contributed by atoms with Gasteiger partial charge in [0, 0.05) is 48.8 Å². The van der Waals surface area contributed by atoms with Crippen molar-refractivity contribution < 1.29 is 14.7 Å². The number of nitrogens with zero attached hydrogens (tertiary/aromatic N) is 7. The van der Waals surface area contributed by atoms with Gasteiger partial charge in [-0.2, -0.15) is 4.98 Å². The molecule has 2 amide bonds. The molecule has 3 saturated heterocycles. The van der Waals surface area contributed by atoms with E-state index in [2.05, 4.69) is 73.7 Å². The lowest BCUT2D eigenvalue weighted by Crippen LogP contribution is -2.47. The van der Waals surface area contributed by atoms with Crippen LogP contribution < -0.4 is 26.4 Å². The molecule has 4 N–H and O–H groups in total. The van der Waals surface area contributed by atoms with Crippen LogP contribution in [0.2, 0.25) is 0 Å². The monoisotopic (exact) mass is 796 g/mol. The molecule has 59 heavy (non-hydrogen) atoms. The van der Waals surface area contributed by atoms with Gasteiger partial charge in [-0.05, 0) is 124 Å². The first-order chi connectivity index (χ1) is 28.7. The van der Waals surface area contributed by atoms with Gasteiger partial charge in [0.1, 0.15) is 17.0 Å². The fourth-order valence-electron chi connectivity index (χ4n) is 9.47. The summed E-state index contributed by atoms with van der Waals surface area (Å²) in [4.78, 5) is 56.5. The molecule has 14 heteroatoms. The van der Waals surface area contributed by atoms with Gasteiger partial charge in [-0.15, -0.1) is 6.58 Å². The summed E-state index contributed by atoms with van der Waals surface area (Å²) in [5, 5.41) is 20.7. The number of allylic oxidation sites excluding steroid dienone is 1. The molecule has 2 aromatic carbocycles. The zero-order valence-corrected chi connectivity index (χ0v) is 33.6. The second kappa shape index (κ2) is 16.1. The molecule has 6 heterocycles. The van der Waals surface area contributed by atoms with Crippen LogP contribution >= 0.6 is 0 Å². The lowest BCUT2D eigenvalue weighted by Gasteiger charge is -2.42. The predicted molar refractivity (Wildman–Crippen MR) is 228 cm³/mol. The largest absolute Gasteiger partial charge is 0.384 e. The summed E-state index contributed by atoms with van der Waals surface area (Å²) < 4.78 is 3.26. The summed E-state index contributed by atoms with van der Waals surface area (Å²) in [6.07, 6.45) is 10.6. The third-order valence-corrected chi connectivity index (χ3v) is 13.0. The first kappa shape index (κ1) is 38.6. The molecule has 0 spiro atoms. The Morgan fingerprint density at radius 3 is 2.36 bits per heavy atom. The quantitative estimate of drug-likeness (QED) is 0.0985. The number of carbonyl (C=O) groups excluding carboxylic acids is 2. The van der Waals surface area contributed by atoms with Gasteiger partial charge in [-0.1, -0.05) is 31.2 Å². The van der Waals surface area contributed by atoms with E-state index in [1.807, 2.05) is 31.2 Å². The van der Waals surface area contributed by atoms with Gasteiger partial charge >= 0.3 is 0 Å². The zero-order valence-electron chi connectivity index (χ0n) is 33.6. The van der Waals surface area contributed by atoms with E-state index in [0.29, 0.717) is 66.1 Å². The second-order valence-electron chi connectivity index (χ2n) is 16.5. The number of aryl methyl sites for hydroxylation is 1. The Hall–Kier alpha value is -5.86. The molecule has 0 saturated carbocycles. The highest BCUT2D eigenvalue weighted by Crippen LogP contribution is 2.39. The van der Waals surface area contributed by atoms with Crippen molar-refractivity contribution in [2.75, 3.05) is 41.7 Å². The summed E-state index contributed by atoms with van der Waals surface area (Å²) in [6, 6.07) is 20.9. The molecular formula is C45H52N10O4. The highest BCUT2D eigenvalue weighted by molar-refractivity contribution is 6.01. The number of piperidine rings is 3. The Bertz CT molecular complexity index is 2430. The number of rotatable bonds is 11. The number of hydrogen-bond acceptors (Lipinski definition) is 11. The summed E-state index contributed by atoms with van der Waals surface area (Å²) in [7, 11) is 0. The smallest absolute Gasteiger partial charge is 0.278 e. The summed E-state index contributed by atoms with van der Waals surface area (Å²) >= 11 is 0. The van der Waals surface area contributed by atoms with Crippen LogP contribution in [-0.2, 0) is 28.2 Å². The van der Waals surface area contributed by atoms with Crippen LogP contribution in [0.1, 0.15) is 81.0 Å². The van der Waals surface area contributed by atoms with Crippen LogP contribution in [0.5, 0.6) is 0 Å². The van der Waals surface area contributed by atoms with E-state index in [0.717, 1.165) is 75.2 Å². The van der Waals surface area contributed by atoms with Crippen molar-refractivity contribution in [1.82, 2.24) is 34.5 Å². The molecule has 9 rings (SSSR count). The maximum atomic E-state index is 13.5. The average Bonchev–Trinajstić information content (AvgIpc) is 3.74. The molecule has 3 fully saturated rings. The van der Waals surface area contributed by atoms with E-state index in [1.54, 1.807) is 21.6 Å². The van der Waals surface area contributed by atoms with Crippen molar-refractivity contribution in [3.05, 3.63) is 107 Å². The summed E-state index contributed by atoms with van der Waals surface area (Å²) in [5.74, 6) is 0.958. The van der Waals surface area contributed by atoms with Crippen molar-refractivity contribution in [2.24, 2.45) is 0 Å². The SMILES string of the molecule is C=CCn1c(=O)c2cnc(Nc3ccc(N4CCC(N5CCC(c6ccc(NC7CCC(=O)NC7=O)cc6)CC5)CC4)cc3)nc2n1-c1ccc2c(n1)[C@@](O)(CC)CC2. The fourth-order valence-corrected chi connectivity index (χ4v) is 9.47. The number of carbonyl (C=O) groups is 2. The van der Waals surface area contributed by atoms with Crippen molar-refractivity contribution in [3.8, 4) is 5.82 Å². The van der Waals surface area contributed by atoms with Crippen LogP contribution in [0.25, 0.3) is 16.9 Å². The van der Waals surface area contributed by atoms with Crippen molar-refractivity contribution in [1.29, 1.82) is 0 Å². The van der Waals surface area contributed by atoms with Gasteiger partial charge in [0.2, 0.25) is 17.8 Å². The van der Waals surface area contributed by atoms with Crippen LogP contribution in [0.4, 0.5) is 23.0 Å². The predicted octanol–water partition coefficient (Wildman–Crippen LogP) is 5.52. The van der Waals surface area contributed by atoms with Crippen molar-refractivity contribution in [3.63, 3.8) is 0 Å². The van der Waals surface area contributed by atoms with Gasteiger partial charge in [-0.25, -0.2) is 19.3 Å². The molecule has 3 aliphatic heterocycles. The molecule has 5 aromatic rings. The summed E-state index contributed by atoms with van der Waals surface area (Å²) in [6.45, 7) is 10.3. The number of nitrogens with one attached hydrogen (secondary N) is 3. The third kappa shape index (κ3) is 7.62. The Morgan fingerprint density at radius 2 is 1.64 bits per heavy atom. The maximum absolute atomic E-state index is 13.5. The Labute approximate surface area is 343 Å². The van der Waals surface area contributed by atoms with E-state index in [-0.39, 0.29) is 30.0 Å². The van der Waals surface area contributed by atoms with E-state index in [9.17, 15) is 19.5 Å². The number of imide groups is 1. The standard InChI is InChI=1S/C45H52N10O4/c1-3-23-54-43(58)36-28-46-44(51-41(36)55(54)38-15-7-31-17-22-45(59,4-2)40(31)49-38)48-33-10-12-34(13-11-33)53-26-20-35(21-27-53)52-24-18-30(19-25-52)29-5-8-32(9-6-29)47-37-14-16-39(56)50-42(37)57/h3,5-13,15,28,30,35,37,47,59H,1,4,14,16-27H2,2H3,(H,46,48,51)(H,50,56,57)/t37?,45-/m1/s1. The fraction of sp³-hybridized carbons (Fsp3) is 0.422. The van der Waals surface area contributed by atoms with E-state index in [4.69, 9.17) is 9.97 Å². The minimum Gasteiger partial charge on any atom is -0.384 e. The van der Waals surface area contributed by atoms with Gasteiger partial charge in [-0.3, -0.25) is 19.7 Å². The highest BCUT2D eigenvalue weighted by atomic mass is 16.3. The molecule has 0 radical (unpaired) electrons. The van der Waals surface area contributed by atoms with E-state index in [1.165, 1.54) is 11.3 Å². The zero-order chi connectivity index (χ0) is 40.7. The first-order valence-electron chi connectivity index (χ1n) is 21.1. The average molecular weight is 797 g/mol. The molecular weight excluding hydrogens is 745 g/mol. The minimum absolute atomic E-state index is 0.201. The van der Waals surface area contributed by atoms with Crippen molar-refractivity contribution in [2.45, 2.75) is 94.9 Å². The van der Waals surface area contributed by atoms with Crippen LogP contribution in [0, 0.1) is 0 Å². The number of aliphatic hydroxyl groups is 1. The second-order valence-corrected chi connectivity index (χ2v) is 16.5. The number of likely N-dealkylation sites (tertiary alicyclic amines) is 1. The van der Waals surface area contributed by atoms with Crippen LogP contribution in [-0.4, -0.2) is 84.4 Å². The van der Waals surface area contributed by atoms with Crippen molar-refractivity contribution >= 4 is 45.9 Å². The number of aromatic nitrogens is 5. The number of amides is 2. The molecule has 3 aromatic heterocycles. The van der Waals surface area contributed by atoms with E-state index < -0.39 is 5.60 Å². The number of pyridine rings is 1. The van der Waals surface area contributed by atoms with Gasteiger partial charge < -0.3 is 25.5 Å². The molecule has 14 nitrogen and oxygen atoms in total. The number of benzene rings is 2.